The zero-order valence-electron chi connectivity index (χ0n) is 21.2. The van der Waals surface area contributed by atoms with Gasteiger partial charge in [-0.1, -0.05) is 103 Å². The van der Waals surface area contributed by atoms with E-state index in [2.05, 4.69) is 27.7 Å². The summed E-state index contributed by atoms with van der Waals surface area (Å²) >= 11 is 6.41. The number of phenolic OH excluding ortho intramolecular Hbond substituents is 2. The van der Waals surface area contributed by atoms with Gasteiger partial charge in [-0.05, 0) is 48.6 Å². The van der Waals surface area contributed by atoms with E-state index in [0.29, 0.717) is 17.4 Å². The average Bonchev–Trinajstić information content (AvgIpc) is 2.77. The van der Waals surface area contributed by atoms with Crippen LogP contribution in [0, 0.1) is 11.8 Å². The monoisotopic (exact) mass is 472 g/mol. The van der Waals surface area contributed by atoms with Gasteiger partial charge in [0.15, 0.2) is 0 Å². The third kappa shape index (κ3) is 8.89. The number of hydrogen-bond acceptors (Lipinski definition) is 2. The predicted octanol–water partition coefficient (Wildman–Crippen LogP) is 8.99. The van der Waals surface area contributed by atoms with Crippen LogP contribution in [0.25, 0.3) is 0 Å². The highest BCUT2D eigenvalue weighted by Gasteiger charge is 2.22. The first-order valence-electron chi connectivity index (χ1n) is 13.0. The van der Waals surface area contributed by atoms with Gasteiger partial charge >= 0.3 is 0 Å². The molecule has 0 aliphatic rings. The summed E-state index contributed by atoms with van der Waals surface area (Å²) in [5.74, 6) is 2.25. The minimum absolute atomic E-state index is 0.228. The molecule has 0 saturated carbocycles. The zero-order chi connectivity index (χ0) is 24.2. The molecule has 2 N–H and O–H groups in total. The fourth-order valence-corrected chi connectivity index (χ4v) is 4.94. The highest BCUT2D eigenvalue weighted by molar-refractivity contribution is 6.18. The van der Waals surface area contributed by atoms with Gasteiger partial charge in [0.2, 0.25) is 0 Å². The van der Waals surface area contributed by atoms with E-state index in [1.165, 1.54) is 38.5 Å². The molecule has 184 valence electrons. The van der Waals surface area contributed by atoms with Crippen molar-refractivity contribution in [2.24, 2.45) is 11.8 Å². The number of aromatic hydroxyl groups is 2. The summed E-state index contributed by atoms with van der Waals surface area (Å²) in [4.78, 5) is 0. The van der Waals surface area contributed by atoms with Crippen molar-refractivity contribution < 1.29 is 10.2 Å². The van der Waals surface area contributed by atoms with E-state index >= 15 is 0 Å². The molecule has 2 aromatic carbocycles. The molecule has 33 heavy (non-hydrogen) atoms. The van der Waals surface area contributed by atoms with E-state index in [1.54, 1.807) is 0 Å². The van der Waals surface area contributed by atoms with E-state index in [0.717, 1.165) is 59.8 Å². The topological polar surface area (TPSA) is 40.5 Å². The standard InChI is InChI=1S/C30H45ClO2/c1-22(2)13-7-5-9-15-24-17-11-19-26(29(24)32)28(21-31)27-20-12-18-25(30(27)33)16-10-6-8-14-23(3)4/h11-12,17-20,22-23,28,32-33H,5-10,13-16,21H2,1-4H3. The molecule has 3 heteroatoms. The van der Waals surface area contributed by atoms with Crippen molar-refractivity contribution in [3.05, 3.63) is 58.7 Å². The largest absolute Gasteiger partial charge is 0.507 e. The van der Waals surface area contributed by atoms with Gasteiger partial charge in [0.25, 0.3) is 0 Å². The fourth-order valence-electron chi connectivity index (χ4n) is 4.61. The van der Waals surface area contributed by atoms with Crippen LogP contribution < -0.4 is 0 Å². The molecule has 2 aromatic rings. The second kappa shape index (κ2) is 14.6. The first-order valence-corrected chi connectivity index (χ1v) is 13.6. The summed E-state index contributed by atoms with van der Waals surface area (Å²) in [6.45, 7) is 9.05. The van der Waals surface area contributed by atoms with Crippen molar-refractivity contribution in [3.63, 3.8) is 0 Å². The highest BCUT2D eigenvalue weighted by Crippen LogP contribution is 2.40. The molecule has 0 unspecified atom stereocenters. The van der Waals surface area contributed by atoms with Crippen molar-refractivity contribution in [2.45, 2.75) is 97.8 Å². The Morgan fingerprint density at radius 1 is 0.636 bits per heavy atom. The van der Waals surface area contributed by atoms with Crippen molar-refractivity contribution >= 4 is 11.6 Å². The van der Waals surface area contributed by atoms with Crippen LogP contribution in [0.3, 0.4) is 0 Å². The second-order valence-corrected chi connectivity index (χ2v) is 10.7. The molecule has 0 amide bonds. The summed E-state index contributed by atoms with van der Waals surface area (Å²) in [6.07, 6.45) is 11.2. The third-order valence-corrected chi connectivity index (χ3v) is 6.97. The Hall–Kier alpha value is -1.67. The number of alkyl halides is 1. The molecule has 2 nitrogen and oxygen atoms in total. The molecule has 0 saturated heterocycles. The Labute approximate surface area is 207 Å². The highest BCUT2D eigenvalue weighted by atomic mass is 35.5. The van der Waals surface area contributed by atoms with Gasteiger partial charge in [0.05, 0.1) is 0 Å². The SMILES string of the molecule is CC(C)CCCCCc1cccc(C(CCl)c2cccc(CCCCCC(C)C)c2O)c1O. The smallest absolute Gasteiger partial charge is 0.122 e. The summed E-state index contributed by atoms with van der Waals surface area (Å²) in [6, 6.07) is 11.9. The van der Waals surface area contributed by atoms with Crippen molar-refractivity contribution in [2.75, 3.05) is 5.88 Å². The average molecular weight is 473 g/mol. The summed E-state index contributed by atoms with van der Waals surface area (Å²) < 4.78 is 0. The second-order valence-electron chi connectivity index (χ2n) is 10.4. The maximum Gasteiger partial charge on any atom is 0.122 e. The minimum Gasteiger partial charge on any atom is -0.507 e. The van der Waals surface area contributed by atoms with Crippen LogP contribution in [0.2, 0.25) is 0 Å². The maximum absolute atomic E-state index is 11.1. The number of hydrogen-bond donors (Lipinski definition) is 2. The third-order valence-electron chi connectivity index (χ3n) is 6.66. The van der Waals surface area contributed by atoms with E-state index in [9.17, 15) is 10.2 Å². The molecular weight excluding hydrogens is 428 g/mol. The lowest BCUT2D eigenvalue weighted by molar-refractivity contribution is 0.447. The Balaban J connectivity index is 2.10. The summed E-state index contributed by atoms with van der Waals surface area (Å²) in [7, 11) is 0. The van der Waals surface area contributed by atoms with Gasteiger partial charge in [-0.15, -0.1) is 11.6 Å². The van der Waals surface area contributed by atoms with Gasteiger partial charge in [-0.2, -0.15) is 0 Å². The maximum atomic E-state index is 11.1. The fraction of sp³-hybridized carbons (Fsp3) is 0.600. The van der Waals surface area contributed by atoms with E-state index < -0.39 is 0 Å². The van der Waals surface area contributed by atoms with Crippen LogP contribution in [0.15, 0.2) is 36.4 Å². The van der Waals surface area contributed by atoms with Crippen LogP contribution in [0.1, 0.15) is 107 Å². The van der Waals surface area contributed by atoms with Crippen LogP contribution in [-0.2, 0) is 12.8 Å². The number of benzene rings is 2. The lowest BCUT2D eigenvalue weighted by Crippen LogP contribution is -2.06. The normalized spacial score (nSPS) is 11.8. The number of para-hydroxylation sites is 2. The molecule has 0 aromatic heterocycles. The summed E-state index contributed by atoms with van der Waals surface area (Å²) in [5, 5.41) is 22.1. The van der Waals surface area contributed by atoms with Gasteiger partial charge < -0.3 is 10.2 Å². The Morgan fingerprint density at radius 3 is 1.42 bits per heavy atom. The van der Waals surface area contributed by atoms with Gasteiger partial charge in [-0.3, -0.25) is 0 Å². The lowest BCUT2D eigenvalue weighted by Gasteiger charge is -2.21. The Morgan fingerprint density at radius 2 is 1.06 bits per heavy atom. The van der Waals surface area contributed by atoms with E-state index in [1.807, 2.05) is 36.4 Å². The number of rotatable bonds is 15. The van der Waals surface area contributed by atoms with Crippen LogP contribution in [0.4, 0.5) is 0 Å². The number of unbranched alkanes of at least 4 members (excludes halogenated alkanes) is 4. The first kappa shape index (κ1) is 27.6. The minimum atomic E-state index is -0.228. The molecule has 0 radical (unpaired) electrons. The molecule has 0 bridgehead atoms. The number of aryl methyl sites for hydroxylation is 2. The molecule has 0 spiro atoms. The Kier molecular flexibility index (Phi) is 12.2. The molecule has 0 heterocycles. The van der Waals surface area contributed by atoms with Crippen LogP contribution in [0.5, 0.6) is 11.5 Å². The predicted molar refractivity (Wildman–Crippen MR) is 143 cm³/mol. The quantitative estimate of drug-likeness (QED) is 0.200. The molecule has 2 rings (SSSR count). The molecule has 0 aliphatic heterocycles. The van der Waals surface area contributed by atoms with Gasteiger partial charge in [0, 0.05) is 22.9 Å². The van der Waals surface area contributed by atoms with Gasteiger partial charge in [-0.25, -0.2) is 0 Å². The zero-order valence-corrected chi connectivity index (χ0v) is 22.0. The van der Waals surface area contributed by atoms with Crippen molar-refractivity contribution in [3.8, 4) is 11.5 Å². The molecule has 0 fully saturated rings. The molecular formula is C30H45ClO2. The first-order chi connectivity index (χ1) is 15.8. The van der Waals surface area contributed by atoms with E-state index in [4.69, 9.17) is 11.6 Å². The van der Waals surface area contributed by atoms with Crippen molar-refractivity contribution in [1.29, 1.82) is 0 Å². The Bertz CT molecular complexity index is 761. The molecule has 0 aliphatic carbocycles. The van der Waals surface area contributed by atoms with Crippen molar-refractivity contribution in [1.82, 2.24) is 0 Å². The summed E-state index contributed by atoms with van der Waals surface area (Å²) in [5.41, 5.74) is 3.59. The molecule has 0 atom stereocenters. The van der Waals surface area contributed by atoms with Gasteiger partial charge in [0.1, 0.15) is 11.5 Å². The van der Waals surface area contributed by atoms with E-state index in [-0.39, 0.29) is 5.92 Å². The lowest BCUT2D eigenvalue weighted by atomic mass is 9.87. The number of phenols is 2. The number of halogens is 1. The van der Waals surface area contributed by atoms with Crippen LogP contribution in [-0.4, -0.2) is 16.1 Å². The van der Waals surface area contributed by atoms with Crippen LogP contribution >= 0.6 is 11.6 Å².